The second-order valence-electron chi connectivity index (χ2n) is 5.88. The molecule has 0 saturated heterocycles. The van der Waals surface area contributed by atoms with Crippen molar-refractivity contribution < 1.29 is 0 Å². The summed E-state index contributed by atoms with van der Waals surface area (Å²) < 4.78 is 0. The molecule has 1 fully saturated rings. The Morgan fingerprint density at radius 3 is 2.65 bits per heavy atom. The summed E-state index contributed by atoms with van der Waals surface area (Å²) in [6.45, 7) is 2.14. The second kappa shape index (κ2) is 5.78. The van der Waals surface area contributed by atoms with Gasteiger partial charge in [0.05, 0.1) is 0 Å². The summed E-state index contributed by atoms with van der Waals surface area (Å²) in [7, 11) is 0. The van der Waals surface area contributed by atoms with Crippen molar-refractivity contribution in [3.05, 3.63) is 71.3 Å². The predicted octanol–water partition coefficient (Wildman–Crippen LogP) is 3.17. The van der Waals surface area contributed by atoms with Gasteiger partial charge in [-0.25, -0.2) is 0 Å². The number of nitrogens with two attached hydrogens (primary N) is 1. The molecule has 0 spiro atoms. The van der Waals surface area contributed by atoms with Gasteiger partial charge in [-0.1, -0.05) is 60.2 Å². The molecule has 0 aliphatic heterocycles. The molecule has 3 unspecified atom stereocenters. The standard InChI is InChI=1S/C18H22N2/c1-13-6-5-7-14(10-13)11-18(20-19)17-12-16(17)15-8-3-2-4-9-15/h2-10,16-18,20H,11-12,19H2,1H3. The fourth-order valence-corrected chi connectivity index (χ4v) is 3.17. The Labute approximate surface area is 121 Å². The molecule has 1 aliphatic rings. The zero-order valence-corrected chi connectivity index (χ0v) is 11.9. The van der Waals surface area contributed by atoms with E-state index in [1.54, 1.807) is 0 Å². The monoisotopic (exact) mass is 266 g/mol. The Kier molecular flexibility index (Phi) is 3.86. The van der Waals surface area contributed by atoms with Gasteiger partial charge in [-0.3, -0.25) is 11.3 Å². The molecule has 1 saturated carbocycles. The van der Waals surface area contributed by atoms with Crippen molar-refractivity contribution in [1.82, 2.24) is 5.43 Å². The van der Waals surface area contributed by atoms with Crippen molar-refractivity contribution >= 4 is 0 Å². The molecular formula is C18H22N2. The molecule has 0 aromatic heterocycles. The topological polar surface area (TPSA) is 38.0 Å². The first kappa shape index (κ1) is 13.3. The lowest BCUT2D eigenvalue weighted by Gasteiger charge is -2.16. The van der Waals surface area contributed by atoms with Crippen LogP contribution in [0.25, 0.3) is 0 Å². The number of hydrogen-bond acceptors (Lipinski definition) is 2. The fraction of sp³-hybridized carbons (Fsp3) is 0.333. The minimum atomic E-state index is 0.363. The maximum absolute atomic E-state index is 5.79. The van der Waals surface area contributed by atoms with Crippen LogP contribution < -0.4 is 11.3 Å². The number of benzene rings is 2. The average molecular weight is 266 g/mol. The third-order valence-electron chi connectivity index (χ3n) is 4.34. The van der Waals surface area contributed by atoms with Gasteiger partial charge in [-0.05, 0) is 42.7 Å². The van der Waals surface area contributed by atoms with E-state index in [1.807, 2.05) is 0 Å². The zero-order chi connectivity index (χ0) is 13.9. The number of aryl methyl sites for hydroxylation is 1. The summed E-state index contributed by atoms with van der Waals surface area (Å²) >= 11 is 0. The first-order valence-electron chi connectivity index (χ1n) is 7.34. The van der Waals surface area contributed by atoms with E-state index >= 15 is 0 Å². The molecule has 0 heterocycles. The van der Waals surface area contributed by atoms with E-state index in [-0.39, 0.29) is 0 Å². The van der Waals surface area contributed by atoms with E-state index in [9.17, 15) is 0 Å². The number of hydrazine groups is 1. The van der Waals surface area contributed by atoms with Crippen molar-refractivity contribution in [1.29, 1.82) is 0 Å². The van der Waals surface area contributed by atoms with Gasteiger partial charge in [0.25, 0.3) is 0 Å². The molecule has 3 N–H and O–H groups in total. The van der Waals surface area contributed by atoms with Crippen LogP contribution in [0.15, 0.2) is 54.6 Å². The normalized spacial score (nSPS) is 22.5. The largest absolute Gasteiger partial charge is 0.271 e. The van der Waals surface area contributed by atoms with E-state index in [0.717, 1.165) is 6.42 Å². The number of nitrogens with one attached hydrogen (secondary N) is 1. The van der Waals surface area contributed by atoms with Crippen LogP contribution in [0.1, 0.15) is 29.0 Å². The van der Waals surface area contributed by atoms with Crippen molar-refractivity contribution in [2.75, 3.05) is 0 Å². The smallest absolute Gasteiger partial charge is 0.0285 e. The lowest BCUT2D eigenvalue weighted by Crippen LogP contribution is -2.38. The van der Waals surface area contributed by atoms with Crippen molar-refractivity contribution in [2.45, 2.75) is 31.7 Å². The van der Waals surface area contributed by atoms with E-state index in [2.05, 4.69) is 66.9 Å². The van der Waals surface area contributed by atoms with Crippen LogP contribution in [0, 0.1) is 12.8 Å². The lowest BCUT2D eigenvalue weighted by atomic mass is 9.98. The summed E-state index contributed by atoms with van der Waals surface area (Å²) in [4.78, 5) is 0. The summed E-state index contributed by atoms with van der Waals surface area (Å²) in [6.07, 6.45) is 2.25. The van der Waals surface area contributed by atoms with Crippen LogP contribution in [0.5, 0.6) is 0 Å². The molecule has 20 heavy (non-hydrogen) atoms. The van der Waals surface area contributed by atoms with Crippen molar-refractivity contribution in [2.24, 2.45) is 11.8 Å². The highest BCUT2D eigenvalue weighted by Crippen LogP contribution is 2.49. The van der Waals surface area contributed by atoms with Crippen LogP contribution in [0.4, 0.5) is 0 Å². The minimum absolute atomic E-state index is 0.363. The molecule has 0 bridgehead atoms. The SMILES string of the molecule is Cc1cccc(CC(NN)C2CC2c2ccccc2)c1. The number of hydrogen-bond donors (Lipinski definition) is 2. The third kappa shape index (κ3) is 2.92. The fourth-order valence-electron chi connectivity index (χ4n) is 3.17. The molecule has 2 aromatic carbocycles. The van der Waals surface area contributed by atoms with Gasteiger partial charge >= 0.3 is 0 Å². The summed E-state index contributed by atoms with van der Waals surface area (Å²) in [5.74, 6) is 7.11. The highest BCUT2D eigenvalue weighted by atomic mass is 15.2. The van der Waals surface area contributed by atoms with Crippen LogP contribution in [0.2, 0.25) is 0 Å². The van der Waals surface area contributed by atoms with Crippen LogP contribution >= 0.6 is 0 Å². The summed E-state index contributed by atoms with van der Waals surface area (Å²) in [5, 5.41) is 0. The Bertz CT molecular complexity index is 565. The summed E-state index contributed by atoms with van der Waals surface area (Å²) in [5.41, 5.74) is 7.16. The molecule has 2 aromatic rings. The minimum Gasteiger partial charge on any atom is -0.271 e. The Morgan fingerprint density at radius 1 is 1.15 bits per heavy atom. The molecule has 2 nitrogen and oxygen atoms in total. The Balaban J connectivity index is 1.67. The molecule has 3 atom stereocenters. The van der Waals surface area contributed by atoms with Gasteiger partial charge in [0.2, 0.25) is 0 Å². The summed E-state index contributed by atoms with van der Waals surface area (Å²) in [6, 6.07) is 19.8. The highest BCUT2D eigenvalue weighted by Gasteiger charge is 2.43. The van der Waals surface area contributed by atoms with Gasteiger partial charge < -0.3 is 0 Å². The highest BCUT2D eigenvalue weighted by molar-refractivity contribution is 5.28. The third-order valence-corrected chi connectivity index (χ3v) is 4.34. The van der Waals surface area contributed by atoms with Crippen molar-refractivity contribution in [3.63, 3.8) is 0 Å². The van der Waals surface area contributed by atoms with Gasteiger partial charge in [-0.15, -0.1) is 0 Å². The second-order valence-corrected chi connectivity index (χ2v) is 5.88. The van der Waals surface area contributed by atoms with Crippen LogP contribution in [-0.4, -0.2) is 6.04 Å². The van der Waals surface area contributed by atoms with Gasteiger partial charge in [-0.2, -0.15) is 0 Å². The maximum atomic E-state index is 5.79. The van der Waals surface area contributed by atoms with E-state index in [0.29, 0.717) is 17.9 Å². The zero-order valence-electron chi connectivity index (χ0n) is 11.9. The van der Waals surface area contributed by atoms with Gasteiger partial charge in [0, 0.05) is 6.04 Å². The maximum Gasteiger partial charge on any atom is 0.0285 e. The van der Waals surface area contributed by atoms with Crippen molar-refractivity contribution in [3.8, 4) is 0 Å². The average Bonchev–Trinajstić information content (AvgIpc) is 3.26. The first-order valence-corrected chi connectivity index (χ1v) is 7.34. The Morgan fingerprint density at radius 2 is 1.95 bits per heavy atom. The molecule has 0 amide bonds. The van der Waals surface area contributed by atoms with Crippen LogP contribution in [0.3, 0.4) is 0 Å². The van der Waals surface area contributed by atoms with E-state index < -0.39 is 0 Å². The molecular weight excluding hydrogens is 244 g/mol. The molecule has 1 aliphatic carbocycles. The Hall–Kier alpha value is -1.64. The quantitative estimate of drug-likeness (QED) is 0.644. The molecule has 104 valence electrons. The number of rotatable bonds is 5. The molecule has 3 rings (SSSR count). The van der Waals surface area contributed by atoms with Crippen LogP contribution in [-0.2, 0) is 6.42 Å². The predicted molar refractivity (Wildman–Crippen MR) is 83.3 cm³/mol. The van der Waals surface area contributed by atoms with Gasteiger partial charge in [0.1, 0.15) is 0 Å². The van der Waals surface area contributed by atoms with Gasteiger partial charge in [0.15, 0.2) is 0 Å². The first-order chi connectivity index (χ1) is 9.78. The molecule has 2 heteroatoms. The molecule has 0 radical (unpaired) electrons. The van der Waals surface area contributed by atoms with E-state index in [4.69, 9.17) is 5.84 Å². The lowest BCUT2D eigenvalue weighted by molar-refractivity contribution is 0.464. The van der Waals surface area contributed by atoms with E-state index in [1.165, 1.54) is 23.1 Å².